The molecule has 0 saturated heterocycles. The lowest BCUT2D eigenvalue weighted by Crippen LogP contribution is -2.32. The molecule has 4 rings (SSSR count). The third-order valence-electron chi connectivity index (χ3n) is 5.86. The van der Waals surface area contributed by atoms with E-state index < -0.39 is 5.69 Å². The van der Waals surface area contributed by atoms with Gasteiger partial charge in [-0.15, -0.1) is 5.10 Å². The largest absolute Gasteiger partial charge is 0.352 e. The zero-order chi connectivity index (χ0) is 24.6. The van der Waals surface area contributed by atoms with Gasteiger partial charge in [-0.3, -0.25) is 14.2 Å². The summed E-state index contributed by atoms with van der Waals surface area (Å²) in [7, 11) is 0. The highest BCUT2D eigenvalue weighted by atomic mass is 35.5. The molecule has 0 bridgehead atoms. The summed E-state index contributed by atoms with van der Waals surface area (Å²) in [6.07, 6.45) is 0.789. The molecule has 2 aromatic carbocycles. The predicted molar refractivity (Wildman–Crippen MR) is 134 cm³/mol. The van der Waals surface area contributed by atoms with E-state index in [1.165, 1.54) is 13.6 Å². The number of aromatic nitrogens is 4. The third kappa shape index (κ3) is 4.37. The second-order valence-corrected chi connectivity index (χ2v) is 9.40. The quantitative estimate of drug-likeness (QED) is 0.436. The first kappa shape index (κ1) is 23.8. The SMILES string of the molecule is CCC(C)NC(=O)c1ccc2c(=O)n(CC(C)C)c3nn(Cc4ccccc4Cl)c(=O)n3c2c1. The van der Waals surface area contributed by atoms with Crippen molar-refractivity contribution in [2.24, 2.45) is 5.92 Å². The molecule has 2 heterocycles. The number of hydrogen-bond donors (Lipinski definition) is 1. The van der Waals surface area contributed by atoms with Gasteiger partial charge in [0.25, 0.3) is 11.5 Å². The van der Waals surface area contributed by atoms with Crippen LogP contribution in [0.25, 0.3) is 16.7 Å². The molecule has 0 spiro atoms. The first-order chi connectivity index (χ1) is 16.2. The van der Waals surface area contributed by atoms with Gasteiger partial charge in [-0.2, -0.15) is 0 Å². The van der Waals surface area contributed by atoms with E-state index >= 15 is 0 Å². The van der Waals surface area contributed by atoms with Crippen molar-refractivity contribution >= 4 is 34.2 Å². The second kappa shape index (κ2) is 9.46. The van der Waals surface area contributed by atoms with E-state index in [0.29, 0.717) is 28.0 Å². The standard InChI is InChI=1S/C25H28ClN5O3/c1-5-16(4)27-22(32)17-10-11-19-21(12-17)31-24(29(23(19)33)13-15(2)3)28-30(25(31)34)14-18-8-6-7-9-20(18)26/h6-12,15-16H,5,13-14H2,1-4H3,(H,27,32). The molecule has 8 nitrogen and oxygen atoms in total. The molecule has 1 amide bonds. The molecule has 178 valence electrons. The fourth-order valence-corrected chi connectivity index (χ4v) is 4.08. The number of nitrogens with one attached hydrogen (secondary N) is 1. The van der Waals surface area contributed by atoms with Crippen LogP contribution >= 0.6 is 11.6 Å². The van der Waals surface area contributed by atoms with E-state index in [0.717, 1.165) is 12.0 Å². The molecular weight excluding hydrogens is 454 g/mol. The lowest BCUT2D eigenvalue weighted by atomic mass is 10.1. The monoisotopic (exact) mass is 481 g/mol. The van der Waals surface area contributed by atoms with E-state index in [1.54, 1.807) is 24.3 Å². The van der Waals surface area contributed by atoms with Gasteiger partial charge in [0.2, 0.25) is 5.78 Å². The number of amides is 1. The maximum Gasteiger partial charge on any atom is 0.352 e. The number of benzene rings is 2. The minimum absolute atomic E-state index is 0.00310. The van der Waals surface area contributed by atoms with Crippen molar-refractivity contribution in [1.82, 2.24) is 24.1 Å². The Kier molecular flexibility index (Phi) is 6.61. The van der Waals surface area contributed by atoms with E-state index in [4.69, 9.17) is 11.6 Å². The molecule has 9 heteroatoms. The average Bonchev–Trinajstić information content (AvgIpc) is 3.13. The van der Waals surface area contributed by atoms with E-state index in [9.17, 15) is 14.4 Å². The van der Waals surface area contributed by atoms with Gasteiger partial charge in [-0.05, 0) is 49.1 Å². The average molecular weight is 482 g/mol. The molecule has 1 atom stereocenters. The summed E-state index contributed by atoms with van der Waals surface area (Å²) in [5.74, 6) is 0.137. The Hall–Kier alpha value is -3.39. The zero-order valence-corrected chi connectivity index (χ0v) is 20.5. The summed E-state index contributed by atoms with van der Waals surface area (Å²) < 4.78 is 4.24. The molecular formula is C25H28ClN5O3. The Bertz CT molecular complexity index is 1500. The smallest absolute Gasteiger partial charge is 0.350 e. The highest BCUT2D eigenvalue weighted by Crippen LogP contribution is 2.18. The van der Waals surface area contributed by atoms with Crippen LogP contribution in [0.5, 0.6) is 0 Å². The Morgan fingerprint density at radius 1 is 1.12 bits per heavy atom. The topological polar surface area (TPSA) is 90.4 Å². The van der Waals surface area contributed by atoms with Crippen molar-refractivity contribution in [1.29, 1.82) is 0 Å². The van der Waals surface area contributed by atoms with Gasteiger partial charge < -0.3 is 5.32 Å². The molecule has 0 aliphatic carbocycles. The van der Waals surface area contributed by atoms with Gasteiger partial charge in [0, 0.05) is 23.2 Å². The van der Waals surface area contributed by atoms with Crippen LogP contribution in [-0.2, 0) is 13.1 Å². The van der Waals surface area contributed by atoms with Crippen LogP contribution in [0.4, 0.5) is 0 Å². The minimum Gasteiger partial charge on any atom is -0.350 e. The summed E-state index contributed by atoms with van der Waals surface area (Å²) >= 11 is 6.31. The number of fused-ring (bicyclic) bond motifs is 3. The number of rotatable bonds is 7. The number of halogens is 1. The van der Waals surface area contributed by atoms with Crippen LogP contribution in [0.15, 0.2) is 52.1 Å². The van der Waals surface area contributed by atoms with Gasteiger partial charge in [-0.25, -0.2) is 13.9 Å². The minimum atomic E-state index is -0.406. The maximum atomic E-state index is 13.5. The molecule has 34 heavy (non-hydrogen) atoms. The summed E-state index contributed by atoms with van der Waals surface area (Å²) in [5.41, 5.74) is 0.815. The highest BCUT2D eigenvalue weighted by molar-refractivity contribution is 6.31. The first-order valence-electron chi connectivity index (χ1n) is 11.4. The number of hydrogen-bond acceptors (Lipinski definition) is 4. The number of carbonyl (C=O) groups excluding carboxylic acids is 1. The summed E-state index contributed by atoms with van der Waals surface area (Å²) in [4.78, 5) is 39.7. The summed E-state index contributed by atoms with van der Waals surface area (Å²) in [6, 6.07) is 12.1. The summed E-state index contributed by atoms with van der Waals surface area (Å²) in [6.45, 7) is 8.45. The molecule has 0 aliphatic rings. The van der Waals surface area contributed by atoms with Gasteiger partial charge in [0.1, 0.15) is 0 Å². The van der Waals surface area contributed by atoms with Gasteiger partial charge in [0.05, 0.1) is 17.4 Å². The van der Waals surface area contributed by atoms with Crippen LogP contribution in [0.1, 0.15) is 50.0 Å². The van der Waals surface area contributed by atoms with E-state index in [-0.39, 0.29) is 35.7 Å². The first-order valence-corrected chi connectivity index (χ1v) is 11.8. The molecule has 0 radical (unpaired) electrons. The van der Waals surface area contributed by atoms with Crippen molar-refractivity contribution in [3.8, 4) is 0 Å². The summed E-state index contributed by atoms with van der Waals surface area (Å²) in [5, 5.41) is 8.33. The van der Waals surface area contributed by atoms with Crippen LogP contribution in [0.3, 0.4) is 0 Å². The third-order valence-corrected chi connectivity index (χ3v) is 6.22. The van der Waals surface area contributed by atoms with Crippen molar-refractivity contribution < 1.29 is 4.79 Å². The lowest BCUT2D eigenvalue weighted by Gasteiger charge is -2.14. The van der Waals surface area contributed by atoms with Crippen molar-refractivity contribution in [3.63, 3.8) is 0 Å². The second-order valence-electron chi connectivity index (χ2n) is 8.99. The van der Waals surface area contributed by atoms with E-state index in [2.05, 4.69) is 10.4 Å². The molecule has 4 aromatic rings. The zero-order valence-electron chi connectivity index (χ0n) is 19.7. The van der Waals surface area contributed by atoms with Gasteiger partial charge in [-0.1, -0.05) is 50.6 Å². The van der Waals surface area contributed by atoms with Crippen molar-refractivity contribution in [2.75, 3.05) is 0 Å². The highest BCUT2D eigenvalue weighted by Gasteiger charge is 2.20. The number of nitrogens with zero attached hydrogens (tertiary/aromatic N) is 4. The lowest BCUT2D eigenvalue weighted by molar-refractivity contribution is 0.0939. The van der Waals surface area contributed by atoms with Gasteiger partial charge >= 0.3 is 5.69 Å². The molecule has 1 unspecified atom stereocenters. The Morgan fingerprint density at radius 3 is 2.53 bits per heavy atom. The van der Waals surface area contributed by atoms with Crippen LogP contribution in [-0.4, -0.2) is 30.7 Å². The van der Waals surface area contributed by atoms with Crippen LogP contribution in [0, 0.1) is 5.92 Å². The van der Waals surface area contributed by atoms with Crippen LogP contribution in [0.2, 0.25) is 5.02 Å². The van der Waals surface area contributed by atoms with E-state index in [1.807, 2.05) is 45.9 Å². The molecule has 2 aromatic heterocycles. The van der Waals surface area contributed by atoms with Crippen LogP contribution < -0.4 is 16.6 Å². The van der Waals surface area contributed by atoms with Crippen molar-refractivity contribution in [2.45, 2.75) is 53.2 Å². The molecule has 0 fully saturated rings. The molecule has 0 aliphatic heterocycles. The Labute approximate surface area is 201 Å². The predicted octanol–water partition coefficient (Wildman–Crippen LogP) is 3.70. The Balaban J connectivity index is 1.97. The molecule has 1 N–H and O–H groups in total. The van der Waals surface area contributed by atoms with Gasteiger partial charge in [0.15, 0.2) is 0 Å². The van der Waals surface area contributed by atoms with Crippen molar-refractivity contribution in [3.05, 3.63) is 79.5 Å². The molecule has 0 saturated carbocycles. The fourth-order valence-electron chi connectivity index (χ4n) is 3.89. The Morgan fingerprint density at radius 2 is 1.85 bits per heavy atom. The maximum absolute atomic E-state index is 13.5. The normalized spacial score (nSPS) is 12.5. The fraction of sp³-hybridized carbons (Fsp3) is 0.360. The number of carbonyl (C=O) groups is 1.